The molecule has 0 saturated carbocycles. The van der Waals surface area contributed by atoms with E-state index in [9.17, 15) is 19.1 Å². The van der Waals surface area contributed by atoms with Crippen molar-refractivity contribution in [2.24, 2.45) is 0 Å². The van der Waals surface area contributed by atoms with Crippen molar-refractivity contribution in [3.8, 4) is 5.75 Å². The van der Waals surface area contributed by atoms with Gasteiger partial charge in [0.25, 0.3) is 5.91 Å². The molecule has 0 heterocycles. The lowest BCUT2D eigenvalue weighted by Crippen LogP contribution is -2.13. The van der Waals surface area contributed by atoms with Crippen LogP contribution in [0.5, 0.6) is 5.75 Å². The number of halogens is 2. The number of benzene rings is 2. The molecule has 0 atom stereocenters. The fraction of sp³-hybridized carbons (Fsp3) is 0. The van der Waals surface area contributed by atoms with E-state index in [1.807, 2.05) is 0 Å². The molecule has 21 heavy (non-hydrogen) atoms. The molecule has 1 amide bonds. The van der Waals surface area contributed by atoms with E-state index in [1.54, 1.807) is 0 Å². The molecule has 0 radical (unpaired) electrons. The number of phenolic OH excluding ortho intramolecular Hbond substituents is 1. The van der Waals surface area contributed by atoms with Gasteiger partial charge in [-0.25, -0.2) is 9.18 Å². The van der Waals surface area contributed by atoms with Crippen molar-refractivity contribution in [2.45, 2.75) is 0 Å². The third-order valence-electron chi connectivity index (χ3n) is 2.61. The topological polar surface area (TPSA) is 86.6 Å². The molecule has 2 aromatic carbocycles. The molecule has 0 fully saturated rings. The molecule has 0 aromatic heterocycles. The van der Waals surface area contributed by atoms with Crippen LogP contribution < -0.4 is 5.32 Å². The van der Waals surface area contributed by atoms with Crippen LogP contribution in [-0.2, 0) is 0 Å². The fourth-order valence-electron chi connectivity index (χ4n) is 1.67. The number of phenols is 1. The zero-order valence-corrected chi connectivity index (χ0v) is 12.0. The molecule has 0 bridgehead atoms. The quantitative estimate of drug-likeness (QED) is 0.790. The number of anilines is 1. The largest absolute Gasteiger partial charge is 0.507 e. The molecule has 5 nitrogen and oxygen atoms in total. The lowest BCUT2D eigenvalue weighted by Gasteiger charge is -2.08. The highest BCUT2D eigenvalue weighted by molar-refractivity contribution is 9.10. The second kappa shape index (κ2) is 5.92. The molecule has 7 heteroatoms. The van der Waals surface area contributed by atoms with Crippen LogP contribution in [0.4, 0.5) is 10.1 Å². The Morgan fingerprint density at radius 3 is 2.52 bits per heavy atom. The minimum atomic E-state index is -1.15. The molecule has 0 spiro atoms. The van der Waals surface area contributed by atoms with E-state index in [2.05, 4.69) is 21.2 Å². The summed E-state index contributed by atoms with van der Waals surface area (Å²) >= 11 is 3.13. The first kappa shape index (κ1) is 15.0. The molecule has 2 aromatic rings. The van der Waals surface area contributed by atoms with Crippen LogP contribution in [0.15, 0.2) is 40.9 Å². The standard InChI is InChI=1S/C14H9BrFNO4/c15-8-3-7(14(20)21)4-10(5-8)17-13(19)11-6-9(16)1-2-12(11)18/h1-6,18H,(H,17,19)(H,20,21). The Morgan fingerprint density at radius 1 is 1.14 bits per heavy atom. The molecular weight excluding hydrogens is 345 g/mol. The number of carbonyl (C=O) groups excluding carboxylic acids is 1. The summed E-state index contributed by atoms with van der Waals surface area (Å²) in [5.41, 5.74) is -0.0644. The number of amides is 1. The summed E-state index contributed by atoms with van der Waals surface area (Å²) in [7, 11) is 0. The van der Waals surface area contributed by atoms with Crippen molar-refractivity contribution in [3.63, 3.8) is 0 Å². The number of aromatic carboxylic acids is 1. The molecule has 0 saturated heterocycles. The SMILES string of the molecule is O=C(O)c1cc(Br)cc(NC(=O)c2cc(F)ccc2O)c1. The van der Waals surface area contributed by atoms with Gasteiger partial charge in [0.2, 0.25) is 0 Å². The van der Waals surface area contributed by atoms with Crippen molar-refractivity contribution in [3.05, 3.63) is 57.8 Å². The van der Waals surface area contributed by atoms with Gasteiger partial charge in [-0.2, -0.15) is 0 Å². The number of nitrogens with one attached hydrogen (secondary N) is 1. The number of carbonyl (C=O) groups is 2. The molecule has 108 valence electrons. The Morgan fingerprint density at radius 2 is 1.86 bits per heavy atom. The van der Waals surface area contributed by atoms with E-state index in [0.717, 1.165) is 18.2 Å². The Kier molecular flexibility index (Phi) is 4.23. The Bertz CT molecular complexity index is 733. The van der Waals surface area contributed by atoms with Crippen LogP contribution in [0.1, 0.15) is 20.7 Å². The van der Waals surface area contributed by atoms with Gasteiger partial charge >= 0.3 is 5.97 Å². The number of rotatable bonds is 3. The van der Waals surface area contributed by atoms with Crippen LogP contribution in [0.25, 0.3) is 0 Å². The number of carboxylic acid groups (broad SMARTS) is 1. The zero-order chi connectivity index (χ0) is 15.6. The highest BCUT2D eigenvalue weighted by atomic mass is 79.9. The zero-order valence-electron chi connectivity index (χ0n) is 10.4. The normalized spacial score (nSPS) is 10.2. The Labute approximate surface area is 127 Å². The van der Waals surface area contributed by atoms with E-state index in [-0.39, 0.29) is 22.6 Å². The monoisotopic (exact) mass is 353 g/mol. The van der Waals surface area contributed by atoms with Crippen molar-refractivity contribution >= 4 is 33.5 Å². The van der Waals surface area contributed by atoms with Gasteiger partial charge in [0.15, 0.2) is 0 Å². The number of hydrogen-bond donors (Lipinski definition) is 3. The molecule has 2 rings (SSSR count). The van der Waals surface area contributed by atoms with Crippen LogP contribution in [0.2, 0.25) is 0 Å². The van der Waals surface area contributed by atoms with Crippen molar-refractivity contribution in [1.29, 1.82) is 0 Å². The van der Waals surface area contributed by atoms with Crippen LogP contribution in [0, 0.1) is 5.82 Å². The van der Waals surface area contributed by atoms with Gasteiger partial charge in [0, 0.05) is 10.2 Å². The fourth-order valence-corrected chi connectivity index (χ4v) is 2.17. The van der Waals surface area contributed by atoms with Crippen molar-refractivity contribution < 1.29 is 24.2 Å². The van der Waals surface area contributed by atoms with Crippen LogP contribution in [0.3, 0.4) is 0 Å². The molecule has 3 N–H and O–H groups in total. The first-order valence-corrected chi connectivity index (χ1v) is 6.50. The first-order valence-electron chi connectivity index (χ1n) is 5.70. The highest BCUT2D eigenvalue weighted by Gasteiger charge is 2.14. The van der Waals surface area contributed by atoms with E-state index in [0.29, 0.717) is 4.47 Å². The maximum Gasteiger partial charge on any atom is 0.335 e. The highest BCUT2D eigenvalue weighted by Crippen LogP contribution is 2.23. The minimum Gasteiger partial charge on any atom is -0.507 e. The summed E-state index contributed by atoms with van der Waals surface area (Å²) in [5, 5.41) is 20.9. The first-order chi connectivity index (χ1) is 9.86. The molecular formula is C14H9BrFNO4. The summed E-state index contributed by atoms with van der Waals surface area (Å²) in [6, 6.07) is 7.09. The third-order valence-corrected chi connectivity index (χ3v) is 3.06. The summed E-state index contributed by atoms with van der Waals surface area (Å²) in [6.07, 6.45) is 0. The minimum absolute atomic E-state index is 0.0249. The maximum atomic E-state index is 13.1. The summed E-state index contributed by atoms with van der Waals surface area (Å²) < 4.78 is 13.6. The molecule has 0 unspecified atom stereocenters. The average Bonchev–Trinajstić information content (AvgIpc) is 2.40. The van der Waals surface area contributed by atoms with E-state index < -0.39 is 17.7 Å². The Balaban J connectivity index is 2.31. The van der Waals surface area contributed by atoms with E-state index in [1.165, 1.54) is 18.2 Å². The second-order valence-electron chi connectivity index (χ2n) is 4.15. The predicted molar refractivity (Wildman–Crippen MR) is 77.1 cm³/mol. The van der Waals surface area contributed by atoms with Crippen LogP contribution in [-0.4, -0.2) is 22.1 Å². The summed E-state index contributed by atoms with van der Waals surface area (Å²) in [5.74, 6) is -2.94. The second-order valence-corrected chi connectivity index (χ2v) is 5.07. The number of aromatic hydroxyl groups is 1. The van der Waals surface area contributed by atoms with Gasteiger partial charge in [-0.1, -0.05) is 15.9 Å². The van der Waals surface area contributed by atoms with Gasteiger partial charge in [0.05, 0.1) is 11.1 Å². The Hall–Kier alpha value is -2.41. The van der Waals surface area contributed by atoms with Crippen LogP contribution >= 0.6 is 15.9 Å². The van der Waals surface area contributed by atoms with E-state index >= 15 is 0 Å². The van der Waals surface area contributed by atoms with Gasteiger partial charge in [-0.15, -0.1) is 0 Å². The van der Waals surface area contributed by atoms with Gasteiger partial charge < -0.3 is 15.5 Å². The van der Waals surface area contributed by atoms with Crippen molar-refractivity contribution in [2.75, 3.05) is 5.32 Å². The number of carboxylic acids is 1. The van der Waals surface area contributed by atoms with Crippen molar-refractivity contribution in [1.82, 2.24) is 0 Å². The lowest BCUT2D eigenvalue weighted by atomic mass is 10.1. The maximum absolute atomic E-state index is 13.1. The van der Waals surface area contributed by atoms with Gasteiger partial charge in [-0.05, 0) is 36.4 Å². The summed E-state index contributed by atoms with van der Waals surface area (Å²) in [4.78, 5) is 22.9. The van der Waals surface area contributed by atoms with E-state index in [4.69, 9.17) is 5.11 Å². The molecule has 0 aliphatic carbocycles. The smallest absolute Gasteiger partial charge is 0.335 e. The lowest BCUT2D eigenvalue weighted by molar-refractivity contribution is 0.0696. The average molecular weight is 354 g/mol. The van der Waals surface area contributed by atoms with Gasteiger partial charge in [-0.3, -0.25) is 4.79 Å². The predicted octanol–water partition coefficient (Wildman–Crippen LogP) is 3.24. The van der Waals surface area contributed by atoms with Gasteiger partial charge in [0.1, 0.15) is 11.6 Å². The molecule has 0 aliphatic rings. The molecule has 0 aliphatic heterocycles. The number of hydrogen-bond acceptors (Lipinski definition) is 3. The summed E-state index contributed by atoms with van der Waals surface area (Å²) in [6.45, 7) is 0. The third kappa shape index (κ3) is 3.57.